The van der Waals surface area contributed by atoms with E-state index in [0.717, 1.165) is 30.9 Å². The Kier molecular flexibility index (Phi) is 3.30. The van der Waals surface area contributed by atoms with Gasteiger partial charge in [0, 0.05) is 20.6 Å². The zero-order valence-electron chi connectivity index (χ0n) is 11.1. The highest BCUT2D eigenvalue weighted by Crippen LogP contribution is 2.30. The van der Waals surface area contributed by atoms with Gasteiger partial charge in [-0.1, -0.05) is 0 Å². The third kappa shape index (κ3) is 2.20. The van der Waals surface area contributed by atoms with Crippen LogP contribution in [0.25, 0.3) is 0 Å². The minimum Gasteiger partial charge on any atom is -0.393 e. The summed E-state index contributed by atoms with van der Waals surface area (Å²) in [5.74, 6) is 1.44. The molecule has 0 amide bonds. The average Bonchev–Trinajstić information content (AvgIpc) is 2.51. The van der Waals surface area contributed by atoms with Crippen LogP contribution in [0.2, 0.25) is 0 Å². The molecule has 0 aromatic carbocycles. The van der Waals surface area contributed by atoms with Crippen molar-refractivity contribution in [3.63, 3.8) is 0 Å². The second kappa shape index (κ2) is 4.61. The highest BCUT2D eigenvalue weighted by atomic mass is 16.3. The molecule has 6 nitrogen and oxygen atoms in total. The maximum Gasteiger partial charge on any atom is 0.137 e. The van der Waals surface area contributed by atoms with Crippen LogP contribution in [0.5, 0.6) is 0 Å². The summed E-state index contributed by atoms with van der Waals surface area (Å²) in [6.07, 6.45) is 1.58. The lowest BCUT2D eigenvalue weighted by Crippen LogP contribution is -2.38. The molecule has 1 aliphatic carbocycles. The topological polar surface area (TPSA) is 91.2 Å². The van der Waals surface area contributed by atoms with Gasteiger partial charge in [0.2, 0.25) is 0 Å². The molecule has 0 atom stereocenters. The van der Waals surface area contributed by atoms with Gasteiger partial charge in [0.15, 0.2) is 0 Å². The number of anilines is 1. The third-order valence-electron chi connectivity index (χ3n) is 3.57. The number of amidine groups is 1. The van der Waals surface area contributed by atoms with Gasteiger partial charge in [0.25, 0.3) is 0 Å². The van der Waals surface area contributed by atoms with Gasteiger partial charge in [-0.05, 0) is 25.7 Å². The quantitative estimate of drug-likeness (QED) is 0.527. The average molecular weight is 251 g/mol. The predicted octanol–water partition coefficient (Wildman–Crippen LogP) is 0.220. The molecular formula is C12H21N5O. The van der Waals surface area contributed by atoms with Crippen LogP contribution in [0, 0.1) is 18.3 Å². The molecule has 0 bridgehead atoms. The first kappa shape index (κ1) is 12.9. The lowest BCUT2D eigenvalue weighted by molar-refractivity contribution is 0.0464. The largest absolute Gasteiger partial charge is 0.393 e. The van der Waals surface area contributed by atoms with Gasteiger partial charge in [-0.25, -0.2) is 0 Å². The Hall–Kier alpha value is -1.56. The van der Waals surface area contributed by atoms with Gasteiger partial charge in [-0.2, -0.15) is 5.10 Å². The molecular weight excluding hydrogens is 230 g/mol. The van der Waals surface area contributed by atoms with Crippen LogP contribution in [-0.2, 0) is 7.05 Å². The molecule has 18 heavy (non-hydrogen) atoms. The number of hydrogen-bond donors (Lipinski definition) is 3. The van der Waals surface area contributed by atoms with Crippen LogP contribution in [-0.4, -0.2) is 40.4 Å². The maximum atomic E-state index is 9.31. The molecule has 0 spiro atoms. The van der Waals surface area contributed by atoms with E-state index in [9.17, 15) is 5.11 Å². The summed E-state index contributed by atoms with van der Waals surface area (Å²) in [6.45, 7) is 2.72. The van der Waals surface area contributed by atoms with Gasteiger partial charge in [-0.15, -0.1) is 0 Å². The number of nitrogens with zero attached hydrogens (tertiary/aromatic N) is 3. The number of nitrogens with two attached hydrogens (primary N) is 1. The second-order valence-corrected chi connectivity index (χ2v) is 5.19. The Labute approximate surface area is 107 Å². The van der Waals surface area contributed by atoms with Gasteiger partial charge >= 0.3 is 0 Å². The van der Waals surface area contributed by atoms with E-state index in [1.54, 1.807) is 4.68 Å². The molecule has 2 rings (SSSR count). The third-order valence-corrected chi connectivity index (χ3v) is 3.57. The summed E-state index contributed by atoms with van der Waals surface area (Å²) in [5, 5.41) is 21.3. The second-order valence-electron chi connectivity index (χ2n) is 5.19. The van der Waals surface area contributed by atoms with Crippen molar-refractivity contribution in [2.24, 2.45) is 18.7 Å². The number of rotatable bonds is 4. The van der Waals surface area contributed by atoms with E-state index in [-0.39, 0.29) is 11.9 Å². The van der Waals surface area contributed by atoms with Crippen molar-refractivity contribution < 1.29 is 5.11 Å². The number of aliphatic hydroxyl groups is 1. The minimum absolute atomic E-state index is 0.0519. The van der Waals surface area contributed by atoms with Crippen molar-refractivity contribution in [2.45, 2.75) is 25.9 Å². The summed E-state index contributed by atoms with van der Waals surface area (Å²) in [5.41, 5.74) is 7.12. The normalized spacial score (nSPS) is 22.7. The van der Waals surface area contributed by atoms with Crippen molar-refractivity contribution >= 4 is 11.7 Å². The molecule has 4 N–H and O–H groups in total. The summed E-state index contributed by atoms with van der Waals surface area (Å²) < 4.78 is 1.77. The lowest BCUT2D eigenvalue weighted by Gasteiger charge is -2.35. The fourth-order valence-electron chi connectivity index (χ4n) is 2.72. The number of aromatic nitrogens is 2. The Morgan fingerprint density at radius 3 is 2.72 bits per heavy atom. The van der Waals surface area contributed by atoms with Crippen LogP contribution >= 0.6 is 0 Å². The number of nitrogens with one attached hydrogen (secondary N) is 1. The van der Waals surface area contributed by atoms with Crippen molar-refractivity contribution in [1.82, 2.24) is 9.78 Å². The fourth-order valence-corrected chi connectivity index (χ4v) is 2.72. The summed E-state index contributed by atoms with van der Waals surface area (Å²) in [7, 11) is 3.84. The Balaban J connectivity index is 2.18. The molecule has 0 unspecified atom stereocenters. The molecule has 0 radical (unpaired) electrons. The van der Waals surface area contributed by atoms with E-state index in [2.05, 4.69) is 10.00 Å². The molecule has 1 aliphatic rings. The number of aryl methyl sites for hydroxylation is 2. The van der Waals surface area contributed by atoms with Gasteiger partial charge in [0.05, 0.1) is 17.4 Å². The van der Waals surface area contributed by atoms with E-state index in [4.69, 9.17) is 11.1 Å². The Bertz CT molecular complexity index is 461. The van der Waals surface area contributed by atoms with Crippen LogP contribution in [0.1, 0.15) is 24.1 Å². The molecule has 1 heterocycles. The zero-order valence-corrected chi connectivity index (χ0v) is 11.1. The first-order chi connectivity index (χ1) is 8.40. The van der Waals surface area contributed by atoms with Crippen LogP contribution in [0.4, 0.5) is 5.82 Å². The van der Waals surface area contributed by atoms with Crippen LogP contribution in [0.3, 0.4) is 0 Å². The monoisotopic (exact) mass is 251 g/mol. The molecule has 1 saturated carbocycles. The minimum atomic E-state index is -0.135. The van der Waals surface area contributed by atoms with Gasteiger partial charge < -0.3 is 15.7 Å². The van der Waals surface area contributed by atoms with Crippen molar-refractivity contribution in [1.29, 1.82) is 5.41 Å². The Morgan fingerprint density at radius 2 is 2.22 bits per heavy atom. The smallest absolute Gasteiger partial charge is 0.137 e. The van der Waals surface area contributed by atoms with Gasteiger partial charge in [-0.3, -0.25) is 10.1 Å². The molecule has 0 aliphatic heterocycles. The van der Waals surface area contributed by atoms with Crippen molar-refractivity contribution in [3.8, 4) is 0 Å². The van der Waals surface area contributed by atoms with Crippen LogP contribution in [0.15, 0.2) is 0 Å². The molecule has 0 saturated heterocycles. The standard InChI is InChI=1S/C12H21N5O/c1-7-10(11(13)14)12(17(3)15-7)16(2)6-8-4-9(18)5-8/h8-9,18H,4-6H2,1-3H3,(H3,13,14). The highest BCUT2D eigenvalue weighted by molar-refractivity contribution is 6.00. The first-order valence-corrected chi connectivity index (χ1v) is 6.17. The zero-order chi connectivity index (χ0) is 13.4. The van der Waals surface area contributed by atoms with Crippen molar-refractivity contribution in [3.05, 3.63) is 11.3 Å². The predicted molar refractivity (Wildman–Crippen MR) is 71.0 cm³/mol. The van der Waals surface area contributed by atoms with E-state index in [1.165, 1.54) is 0 Å². The highest BCUT2D eigenvalue weighted by Gasteiger charge is 2.29. The molecule has 6 heteroatoms. The summed E-state index contributed by atoms with van der Waals surface area (Å²) >= 11 is 0. The van der Waals surface area contributed by atoms with Crippen LogP contribution < -0.4 is 10.6 Å². The van der Waals surface area contributed by atoms with E-state index in [0.29, 0.717) is 11.5 Å². The molecule has 1 fully saturated rings. The molecule has 100 valence electrons. The number of hydrogen-bond acceptors (Lipinski definition) is 4. The first-order valence-electron chi connectivity index (χ1n) is 6.17. The maximum absolute atomic E-state index is 9.31. The van der Waals surface area contributed by atoms with Gasteiger partial charge in [0.1, 0.15) is 11.7 Å². The lowest BCUT2D eigenvalue weighted by atomic mass is 9.82. The van der Waals surface area contributed by atoms with E-state index in [1.807, 2.05) is 21.0 Å². The van der Waals surface area contributed by atoms with Crippen molar-refractivity contribution in [2.75, 3.05) is 18.5 Å². The summed E-state index contributed by atoms with van der Waals surface area (Å²) in [4.78, 5) is 2.08. The van der Waals surface area contributed by atoms with E-state index < -0.39 is 0 Å². The number of aliphatic hydroxyl groups excluding tert-OH is 1. The SMILES string of the molecule is Cc1nn(C)c(N(C)CC2CC(O)C2)c1C(=N)N. The molecule has 1 aromatic heterocycles. The molecule has 1 aromatic rings. The fraction of sp³-hybridized carbons (Fsp3) is 0.667. The number of nitrogen functional groups attached to an aromatic ring is 1. The summed E-state index contributed by atoms with van der Waals surface area (Å²) in [6, 6.07) is 0. The Morgan fingerprint density at radius 1 is 1.61 bits per heavy atom. The van der Waals surface area contributed by atoms with E-state index >= 15 is 0 Å².